The molecule has 0 atom stereocenters. The fraction of sp³-hybridized carbons (Fsp3) is 0.227. The Morgan fingerprint density at radius 2 is 1.86 bits per heavy atom. The third kappa shape index (κ3) is 3.59. The van der Waals surface area contributed by atoms with E-state index in [1.54, 1.807) is 43.3 Å². The smallest absolute Gasteiger partial charge is 0.259 e. The molecule has 0 saturated carbocycles. The van der Waals surface area contributed by atoms with E-state index >= 15 is 0 Å². The Balaban J connectivity index is 1.67. The Morgan fingerprint density at radius 1 is 1.10 bits per heavy atom. The van der Waals surface area contributed by atoms with Gasteiger partial charge in [0.25, 0.3) is 11.6 Å². The van der Waals surface area contributed by atoms with Crippen LogP contribution in [0, 0.1) is 6.92 Å². The van der Waals surface area contributed by atoms with E-state index in [2.05, 4.69) is 10.1 Å². The molecule has 3 heterocycles. The SMILES string of the molecule is Cc1noc2nc(-c3ccco3)cc(C(=O)N(C)Cc3ccc(N(C)C)cc3)c12. The van der Waals surface area contributed by atoms with Gasteiger partial charge in [0.15, 0.2) is 5.76 Å². The third-order valence-electron chi connectivity index (χ3n) is 4.84. The molecule has 0 aliphatic carbocycles. The van der Waals surface area contributed by atoms with Crippen LogP contribution in [0.1, 0.15) is 21.6 Å². The van der Waals surface area contributed by atoms with Gasteiger partial charge in [-0.1, -0.05) is 17.3 Å². The van der Waals surface area contributed by atoms with Crippen LogP contribution in [-0.2, 0) is 6.54 Å². The number of hydrogen-bond donors (Lipinski definition) is 0. The molecule has 7 nitrogen and oxygen atoms in total. The molecule has 29 heavy (non-hydrogen) atoms. The predicted octanol–water partition coefficient (Wildman–Crippen LogP) is 4.13. The first-order valence-corrected chi connectivity index (χ1v) is 9.26. The molecule has 0 aliphatic rings. The lowest BCUT2D eigenvalue weighted by Gasteiger charge is -2.19. The molecule has 0 N–H and O–H groups in total. The minimum Gasteiger partial charge on any atom is -0.463 e. The van der Waals surface area contributed by atoms with E-state index in [1.807, 2.05) is 43.3 Å². The van der Waals surface area contributed by atoms with E-state index in [0.717, 1.165) is 11.3 Å². The van der Waals surface area contributed by atoms with Crippen LogP contribution in [0.5, 0.6) is 0 Å². The quantitative estimate of drug-likeness (QED) is 0.510. The molecular formula is C22H22N4O3. The molecule has 148 valence electrons. The minimum atomic E-state index is -0.131. The topological polar surface area (TPSA) is 75.6 Å². The summed E-state index contributed by atoms with van der Waals surface area (Å²) in [6.07, 6.45) is 1.57. The summed E-state index contributed by atoms with van der Waals surface area (Å²) in [6, 6.07) is 13.4. The van der Waals surface area contributed by atoms with Gasteiger partial charge in [-0.3, -0.25) is 4.79 Å². The van der Waals surface area contributed by atoms with E-state index in [1.165, 1.54) is 0 Å². The summed E-state index contributed by atoms with van der Waals surface area (Å²) >= 11 is 0. The molecule has 1 aromatic carbocycles. The van der Waals surface area contributed by atoms with Crippen molar-refractivity contribution in [2.75, 3.05) is 26.0 Å². The second-order valence-electron chi connectivity index (χ2n) is 7.20. The van der Waals surface area contributed by atoms with Crippen molar-refractivity contribution >= 4 is 22.7 Å². The fourth-order valence-corrected chi connectivity index (χ4v) is 3.26. The van der Waals surface area contributed by atoms with E-state index < -0.39 is 0 Å². The molecule has 0 unspecified atom stereocenters. The summed E-state index contributed by atoms with van der Waals surface area (Å²) in [6.45, 7) is 2.29. The zero-order valence-electron chi connectivity index (χ0n) is 16.8. The Labute approximate surface area is 168 Å². The summed E-state index contributed by atoms with van der Waals surface area (Å²) in [4.78, 5) is 21.5. The monoisotopic (exact) mass is 390 g/mol. The number of benzene rings is 1. The second kappa shape index (κ2) is 7.43. The maximum absolute atomic E-state index is 13.3. The molecule has 0 aliphatic heterocycles. The molecule has 1 amide bonds. The highest BCUT2D eigenvalue weighted by molar-refractivity contribution is 6.06. The minimum absolute atomic E-state index is 0.131. The van der Waals surface area contributed by atoms with E-state index in [9.17, 15) is 4.79 Å². The van der Waals surface area contributed by atoms with Crippen LogP contribution in [0.3, 0.4) is 0 Å². The Morgan fingerprint density at radius 3 is 2.52 bits per heavy atom. The molecular weight excluding hydrogens is 368 g/mol. The normalized spacial score (nSPS) is 11.0. The standard InChI is InChI=1S/C22H22N4O3/c1-14-20-17(12-18(19-6-5-11-28-19)23-21(20)29-24-14)22(27)26(4)13-15-7-9-16(10-8-15)25(2)3/h5-12H,13H2,1-4H3. The van der Waals surface area contributed by atoms with Gasteiger partial charge in [0.2, 0.25) is 0 Å². The largest absolute Gasteiger partial charge is 0.463 e. The lowest BCUT2D eigenvalue weighted by Crippen LogP contribution is -2.26. The van der Waals surface area contributed by atoms with Crippen LogP contribution < -0.4 is 4.90 Å². The highest BCUT2D eigenvalue weighted by atomic mass is 16.5. The first-order valence-electron chi connectivity index (χ1n) is 9.26. The van der Waals surface area contributed by atoms with Crippen LogP contribution in [0.2, 0.25) is 0 Å². The molecule has 0 bridgehead atoms. The van der Waals surface area contributed by atoms with E-state index in [0.29, 0.717) is 40.4 Å². The molecule has 0 spiro atoms. The molecule has 0 saturated heterocycles. The fourth-order valence-electron chi connectivity index (χ4n) is 3.26. The van der Waals surface area contributed by atoms with Crippen molar-refractivity contribution < 1.29 is 13.7 Å². The third-order valence-corrected chi connectivity index (χ3v) is 4.84. The van der Waals surface area contributed by atoms with Crippen molar-refractivity contribution in [3.8, 4) is 11.5 Å². The number of nitrogens with zero attached hydrogens (tertiary/aromatic N) is 4. The molecule has 4 aromatic rings. The molecule has 3 aromatic heterocycles. The average Bonchev–Trinajstić information content (AvgIpc) is 3.37. The molecule has 4 rings (SSSR count). The van der Waals surface area contributed by atoms with Gasteiger partial charge in [0.05, 0.1) is 22.9 Å². The van der Waals surface area contributed by atoms with Crippen molar-refractivity contribution in [2.24, 2.45) is 0 Å². The van der Waals surface area contributed by atoms with Gasteiger partial charge in [0, 0.05) is 33.4 Å². The average molecular weight is 390 g/mol. The van der Waals surface area contributed by atoms with E-state index in [-0.39, 0.29) is 5.91 Å². The maximum atomic E-state index is 13.3. The summed E-state index contributed by atoms with van der Waals surface area (Å²) < 4.78 is 10.8. The van der Waals surface area contributed by atoms with Crippen molar-refractivity contribution in [3.63, 3.8) is 0 Å². The number of rotatable bonds is 5. The summed E-state index contributed by atoms with van der Waals surface area (Å²) in [7, 11) is 5.78. The maximum Gasteiger partial charge on any atom is 0.259 e. The zero-order chi connectivity index (χ0) is 20.5. The van der Waals surface area contributed by atoms with Crippen LogP contribution in [-0.4, -0.2) is 42.1 Å². The molecule has 0 fully saturated rings. The number of anilines is 1. The van der Waals surface area contributed by atoms with E-state index in [4.69, 9.17) is 8.94 Å². The number of fused-ring (bicyclic) bond motifs is 1. The van der Waals surface area contributed by atoms with Gasteiger partial charge < -0.3 is 18.7 Å². The van der Waals surface area contributed by atoms with Gasteiger partial charge in [0.1, 0.15) is 5.69 Å². The van der Waals surface area contributed by atoms with Crippen molar-refractivity contribution in [1.29, 1.82) is 0 Å². The highest BCUT2D eigenvalue weighted by Gasteiger charge is 2.22. The van der Waals surface area contributed by atoms with Crippen molar-refractivity contribution in [2.45, 2.75) is 13.5 Å². The van der Waals surface area contributed by atoms with Crippen molar-refractivity contribution in [3.05, 3.63) is 65.5 Å². The van der Waals surface area contributed by atoms with Crippen LogP contribution in [0.25, 0.3) is 22.6 Å². The zero-order valence-corrected chi connectivity index (χ0v) is 16.8. The Hall–Kier alpha value is -3.61. The predicted molar refractivity (Wildman–Crippen MR) is 111 cm³/mol. The second-order valence-corrected chi connectivity index (χ2v) is 7.20. The first kappa shape index (κ1) is 18.7. The Kier molecular flexibility index (Phi) is 4.80. The Bertz CT molecular complexity index is 1140. The molecule has 7 heteroatoms. The number of carbonyl (C=O) groups is 1. The van der Waals surface area contributed by atoms with Gasteiger partial charge in [-0.25, -0.2) is 4.98 Å². The first-order chi connectivity index (χ1) is 13.9. The van der Waals surface area contributed by atoms with Gasteiger partial charge in [-0.05, 0) is 42.8 Å². The van der Waals surface area contributed by atoms with Crippen LogP contribution in [0.4, 0.5) is 5.69 Å². The number of hydrogen-bond acceptors (Lipinski definition) is 6. The highest BCUT2D eigenvalue weighted by Crippen LogP contribution is 2.28. The number of furan rings is 1. The number of aromatic nitrogens is 2. The number of amides is 1. The lowest BCUT2D eigenvalue weighted by atomic mass is 10.1. The van der Waals surface area contributed by atoms with Crippen LogP contribution >= 0.6 is 0 Å². The number of carbonyl (C=O) groups excluding carboxylic acids is 1. The van der Waals surface area contributed by atoms with Gasteiger partial charge >= 0.3 is 0 Å². The number of aryl methyl sites for hydroxylation is 1. The van der Waals surface area contributed by atoms with Gasteiger partial charge in [-0.15, -0.1) is 0 Å². The van der Waals surface area contributed by atoms with Gasteiger partial charge in [-0.2, -0.15) is 0 Å². The van der Waals surface area contributed by atoms with Crippen molar-refractivity contribution in [1.82, 2.24) is 15.0 Å². The summed E-state index contributed by atoms with van der Waals surface area (Å²) in [5.74, 6) is 0.435. The summed E-state index contributed by atoms with van der Waals surface area (Å²) in [5, 5.41) is 4.61. The summed E-state index contributed by atoms with van der Waals surface area (Å²) in [5.41, 5.74) is 4.14. The molecule has 0 radical (unpaired) electrons. The van der Waals surface area contributed by atoms with Crippen LogP contribution in [0.15, 0.2) is 57.7 Å². The number of pyridine rings is 1. The lowest BCUT2D eigenvalue weighted by molar-refractivity contribution is 0.0787.